The van der Waals surface area contributed by atoms with Crippen LogP contribution in [0.1, 0.15) is 46.5 Å². The maximum Gasteiger partial charge on any atom is 0.408 e. The standard InChI is InChI=1S/C19H25FN4O5/c1-18(2,3)29-17(27)23-19(16(21)26)6-4-12(5-7-19)24-13-8-11(20)9-22-15(13)28-10-14(24)25/h8-9,12H,4-7,10H2,1-3H3,(H2,21,26)(H,23,27). The number of carbonyl (C=O) groups is 3. The summed E-state index contributed by atoms with van der Waals surface area (Å²) in [5, 5.41) is 2.62. The van der Waals surface area contributed by atoms with E-state index in [-0.39, 0.29) is 43.0 Å². The number of alkyl carbamates (subject to hydrolysis) is 1. The molecule has 10 heteroatoms. The number of halogens is 1. The molecule has 3 N–H and O–H groups in total. The molecule has 29 heavy (non-hydrogen) atoms. The van der Waals surface area contributed by atoms with Gasteiger partial charge in [-0.05, 0) is 46.5 Å². The smallest absolute Gasteiger partial charge is 0.408 e. The number of primary amides is 1. The molecule has 0 radical (unpaired) electrons. The molecule has 3 rings (SSSR count). The van der Waals surface area contributed by atoms with Crippen molar-refractivity contribution in [3.63, 3.8) is 0 Å². The van der Waals surface area contributed by atoms with Gasteiger partial charge in [-0.3, -0.25) is 9.59 Å². The van der Waals surface area contributed by atoms with Crippen LogP contribution in [0.5, 0.6) is 5.88 Å². The van der Waals surface area contributed by atoms with Crippen molar-refractivity contribution in [2.45, 2.75) is 63.6 Å². The number of nitrogens with two attached hydrogens (primary N) is 1. The van der Waals surface area contributed by atoms with Crippen LogP contribution < -0.4 is 20.7 Å². The molecule has 3 amide bonds. The largest absolute Gasteiger partial charge is 0.466 e. The molecule has 0 atom stereocenters. The summed E-state index contributed by atoms with van der Waals surface area (Å²) in [4.78, 5) is 42.2. The SMILES string of the molecule is CC(C)(C)OC(=O)NC1(C(N)=O)CCC(N2C(=O)COc3ncc(F)cc32)CC1. The molecule has 0 bridgehead atoms. The number of nitrogens with one attached hydrogen (secondary N) is 1. The van der Waals surface area contributed by atoms with E-state index < -0.39 is 29.0 Å². The van der Waals surface area contributed by atoms with E-state index in [9.17, 15) is 18.8 Å². The summed E-state index contributed by atoms with van der Waals surface area (Å²) in [6.45, 7) is 4.96. The molecule has 1 aliphatic carbocycles. The Morgan fingerprint density at radius 1 is 1.38 bits per heavy atom. The highest BCUT2D eigenvalue weighted by molar-refractivity contribution is 5.98. The second-order valence-electron chi connectivity index (χ2n) is 8.33. The van der Waals surface area contributed by atoms with Crippen molar-refractivity contribution in [3.8, 4) is 5.88 Å². The number of hydrogen-bond acceptors (Lipinski definition) is 6. The fourth-order valence-electron chi connectivity index (χ4n) is 3.72. The normalized spacial score (nSPS) is 24.3. The maximum atomic E-state index is 13.7. The number of fused-ring (bicyclic) bond motifs is 1. The summed E-state index contributed by atoms with van der Waals surface area (Å²) in [6, 6.07) is 0.899. The van der Waals surface area contributed by atoms with Gasteiger partial charge in [-0.1, -0.05) is 0 Å². The average molecular weight is 408 g/mol. The summed E-state index contributed by atoms with van der Waals surface area (Å²) in [5.41, 5.74) is 3.87. The Hall–Kier alpha value is -2.91. The lowest BCUT2D eigenvalue weighted by Crippen LogP contribution is -2.61. The Labute approximate surface area is 167 Å². The molecule has 0 saturated heterocycles. The van der Waals surface area contributed by atoms with Crippen LogP contribution in [0.3, 0.4) is 0 Å². The first-order valence-electron chi connectivity index (χ1n) is 9.42. The van der Waals surface area contributed by atoms with Crippen LogP contribution in [0.25, 0.3) is 0 Å². The Morgan fingerprint density at radius 3 is 2.62 bits per heavy atom. The molecule has 0 aromatic carbocycles. The van der Waals surface area contributed by atoms with Crippen LogP contribution >= 0.6 is 0 Å². The summed E-state index contributed by atoms with van der Waals surface area (Å²) >= 11 is 0. The van der Waals surface area contributed by atoms with E-state index in [1.54, 1.807) is 20.8 Å². The minimum Gasteiger partial charge on any atom is -0.466 e. The van der Waals surface area contributed by atoms with Crippen LogP contribution in [-0.4, -0.2) is 46.7 Å². The van der Waals surface area contributed by atoms with Gasteiger partial charge in [0.1, 0.15) is 22.6 Å². The van der Waals surface area contributed by atoms with Crippen molar-refractivity contribution in [2.24, 2.45) is 5.73 Å². The van der Waals surface area contributed by atoms with E-state index in [4.69, 9.17) is 15.2 Å². The second kappa shape index (κ2) is 7.49. The van der Waals surface area contributed by atoms with Gasteiger partial charge in [0.15, 0.2) is 6.61 Å². The van der Waals surface area contributed by atoms with Crippen LogP contribution in [0.4, 0.5) is 14.9 Å². The topological polar surface area (TPSA) is 124 Å². The molecule has 1 aliphatic heterocycles. The number of carbonyl (C=O) groups excluding carboxylic acids is 3. The van der Waals surface area contributed by atoms with Gasteiger partial charge in [0, 0.05) is 12.1 Å². The van der Waals surface area contributed by atoms with Crippen LogP contribution in [-0.2, 0) is 14.3 Å². The van der Waals surface area contributed by atoms with Gasteiger partial charge in [0.2, 0.25) is 11.8 Å². The molecule has 2 aliphatic rings. The molecule has 1 aromatic rings. The lowest BCUT2D eigenvalue weighted by atomic mass is 9.78. The zero-order valence-corrected chi connectivity index (χ0v) is 16.7. The van der Waals surface area contributed by atoms with Crippen molar-refractivity contribution in [1.82, 2.24) is 10.3 Å². The highest BCUT2D eigenvalue weighted by Gasteiger charge is 2.45. The Morgan fingerprint density at radius 2 is 2.03 bits per heavy atom. The summed E-state index contributed by atoms with van der Waals surface area (Å²) in [7, 11) is 0. The zero-order chi connectivity index (χ0) is 21.4. The highest BCUT2D eigenvalue weighted by Crippen LogP contribution is 2.38. The third-order valence-electron chi connectivity index (χ3n) is 5.05. The van der Waals surface area contributed by atoms with E-state index in [2.05, 4.69) is 10.3 Å². The predicted molar refractivity (Wildman–Crippen MR) is 101 cm³/mol. The minimum absolute atomic E-state index is 0.185. The molecule has 0 spiro atoms. The lowest BCUT2D eigenvalue weighted by Gasteiger charge is -2.43. The summed E-state index contributed by atoms with van der Waals surface area (Å²) in [6.07, 6.45) is 1.48. The van der Waals surface area contributed by atoms with Gasteiger partial charge >= 0.3 is 6.09 Å². The van der Waals surface area contributed by atoms with Crippen molar-refractivity contribution in [2.75, 3.05) is 11.5 Å². The number of nitrogens with zero attached hydrogens (tertiary/aromatic N) is 2. The monoisotopic (exact) mass is 408 g/mol. The average Bonchev–Trinajstić information content (AvgIpc) is 2.60. The first-order valence-corrected chi connectivity index (χ1v) is 9.42. The van der Waals surface area contributed by atoms with Crippen LogP contribution in [0, 0.1) is 5.82 Å². The number of hydrogen-bond donors (Lipinski definition) is 2. The Kier molecular flexibility index (Phi) is 5.38. The van der Waals surface area contributed by atoms with Gasteiger partial charge in [-0.25, -0.2) is 14.2 Å². The summed E-state index contributed by atoms with van der Waals surface area (Å²) in [5.74, 6) is -1.38. The minimum atomic E-state index is -1.27. The van der Waals surface area contributed by atoms with Crippen LogP contribution in [0.2, 0.25) is 0 Å². The number of aromatic nitrogens is 1. The first-order chi connectivity index (χ1) is 13.5. The lowest BCUT2D eigenvalue weighted by molar-refractivity contribution is -0.126. The number of anilines is 1. The summed E-state index contributed by atoms with van der Waals surface area (Å²) < 4.78 is 24.2. The molecule has 2 heterocycles. The highest BCUT2D eigenvalue weighted by atomic mass is 19.1. The van der Waals surface area contributed by atoms with E-state index in [0.29, 0.717) is 12.8 Å². The third kappa shape index (κ3) is 4.41. The molecule has 9 nitrogen and oxygen atoms in total. The maximum absolute atomic E-state index is 13.7. The molecular formula is C19H25FN4O5. The van der Waals surface area contributed by atoms with Crippen molar-refractivity contribution >= 4 is 23.6 Å². The Balaban J connectivity index is 1.76. The fraction of sp³-hybridized carbons (Fsp3) is 0.579. The van der Waals surface area contributed by atoms with Gasteiger partial charge in [0.25, 0.3) is 5.91 Å². The van der Waals surface area contributed by atoms with Gasteiger partial charge in [-0.2, -0.15) is 0 Å². The van der Waals surface area contributed by atoms with Crippen molar-refractivity contribution in [1.29, 1.82) is 0 Å². The number of pyridine rings is 1. The Bertz CT molecular complexity index is 830. The van der Waals surface area contributed by atoms with Gasteiger partial charge < -0.3 is 25.4 Å². The number of ether oxygens (including phenoxy) is 2. The quantitative estimate of drug-likeness (QED) is 0.784. The van der Waals surface area contributed by atoms with Crippen molar-refractivity contribution < 1.29 is 28.2 Å². The van der Waals surface area contributed by atoms with E-state index in [0.717, 1.165) is 6.20 Å². The van der Waals surface area contributed by atoms with E-state index >= 15 is 0 Å². The van der Waals surface area contributed by atoms with Gasteiger partial charge in [-0.15, -0.1) is 0 Å². The predicted octanol–water partition coefficient (Wildman–Crippen LogP) is 1.64. The first kappa shape index (κ1) is 20.8. The fourth-order valence-corrected chi connectivity index (χ4v) is 3.72. The van der Waals surface area contributed by atoms with Crippen LogP contribution in [0.15, 0.2) is 12.3 Å². The molecule has 1 aromatic heterocycles. The molecular weight excluding hydrogens is 383 g/mol. The van der Waals surface area contributed by atoms with E-state index in [1.807, 2.05) is 0 Å². The third-order valence-corrected chi connectivity index (χ3v) is 5.05. The molecule has 0 unspecified atom stereocenters. The molecule has 1 saturated carbocycles. The zero-order valence-electron chi connectivity index (χ0n) is 16.7. The molecule has 1 fully saturated rings. The second-order valence-corrected chi connectivity index (χ2v) is 8.33. The van der Waals surface area contributed by atoms with E-state index in [1.165, 1.54) is 11.0 Å². The molecule has 158 valence electrons. The number of rotatable bonds is 3. The van der Waals surface area contributed by atoms with Gasteiger partial charge in [0.05, 0.1) is 6.20 Å². The van der Waals surface area contributed by atoms with Crippen molar-refractivity contribution in [3.05, 3.63) is 18.1 Å². The number of amides is 3.